The normalized spacial score (nSPS) is 26.3. The fraction of sp³-hybridized carbons (Fsp3) is 0.556. The molecule has 1 saturated heterocycles. The summed E-state index contributed by atoms with van der Waals surface area (Å²) in [4.78, 5) is 26.1. The standard InChI is InChI=1S/C18H22ClNO3/c19-15-9-5-4-8-13(15)17-14(18(22)23)10-11-16(21)20(17)12-6-2-1-3-7-12/h4-5,8-9,12,14,17H,1-3,6-7,10-11H2,(H,22,23)/p-1/t14-,17-/m1/s1. The number of benzene rings is 1. The number of rotatable bonds is 3. The molecule has 1 heterocycles. The van der Waals surface area contributed by atoms with Crippen LogP contribution in [0.25, 0.3) is 0 Å². The Morgan fingerprint density at radius 1 is 1.13 bits per heavy atom. The van der Waals surface area contributed by atoms with E-state index < -0.39 is 17.9 Å². The monoisotopic (exact) mass is 334 g/mol. The maximum Gasteiger partial charge on any atom is 0.223 e. The average Bonchev–Trinajstić information content (AvgIpc) is 2.55. The summed E-state index contributed by atoms with van der Waals surface area (Å²) in [6.45, 7) is 0. The molecule has 0 unspecified atom stereocenters. The van der Waals surface area contributed by atoms with Crippen molar-refractivity contribution in [2.24, 2.45) is 5.92 Å². The van der Waals surface area contributed by atoms with Gasteiger partial charge in [-0.25, -0.2) is 0 Å². The number of aliphatic carboxylic acids is 1. The fourth-order valence-corrected chi connectivity index (χ4v) is 4.28. The second kappa shape index (κ2) is 6.91. The summed E-state index contributed by atoms with van der Waals surface area (Å²) in [5.41, 5.74) is 0.724. The average molecular weight is 335 g/mol. The van der Waals surface area contributed by atoms with Crippen LogP contribution in [0.4, 0.5) is 0 Å². The van der Waals surface area contributed by atoms with Crippen molar-refractivity contribution in [3.8, 4) is 0 Å². The zero-order valence-corrected chi connectivity index (χ0v) is 13.8. The number of hydrogen-bond acceptors (Lipinski definition) is 3. The van der Waals surface area contributed by atoms with Crippen LogP contribution in [-0.4, -0.2) is 22.8 Å². The number of carbonyl (C=O) groups excluding carboxylic acids is 2. The number of amides is 1. The van der Waals surface area contributed by atoms with Crippen molar-refractivity contribution in [2.75, 3.05) is 0 Å². The Kier molecular flexibility index (Phi) is 4.90. The molecule has 2 fully saturated rings. The summed E-state index contributed by atoms with van der Waals surface area (Å²) >= 11 is 6.33. The molecule has 0 spiro atoms. The molecule has 3 rings (SSSR count). The first-order valence-electron chi connectivity index (χ1n) is 8.36. The quantitative estimate of drug-likeness (QED) is 0.853. The van der Waals surface area contributed by atoms with Gasteiger partial charge in [0.2, 0.25) is 5.91 Å². The summed E-state index contributed by atoms with van der Waals surface area (Å²) in [6, 6.07) is 6.83. The summed E-state index contributed by atoms with van der Waals surface area (Å²) in [5, 5.41) is 12.2. The van der Waals surface area contributed by atoms with Crippen molar-refractivity contribution in [1.29, 1.82) is 0 Å². The van der Waals surface area contributed by atoms with Crippen LogP contribution in [0.2, 0.25) is 5.02 Å². The summed E-state index contributed by atoms with van der Waals surface area (Å²) in [5.74, 6) is -1.75. The van der Waals surface area contributed by atoms with Gasteiger partial charge in [0.15, 0.2) is 0 Å². The van der Waals surface area contributed by atoms with Gasteiger partial charge < -0.3 is 14.8 Å². The third kappa shape index (κ3) is 3.23. The maximum absolute atomic E-state index is 12.6. The second-order valence-electron chi connectivity index (χ2n) is 6.52. The minimum absolute atomic E-state index is 0.0410. The topological polar surface area (TPSA) is 60.4 Å². The summed E-state index contributed by atoms with van der Waals surface area (Å²) in [7, 11) is 0. The summed E-state index contributed by atoms with van der Waals surface area (Å²) < 4.78 is 0. The maximum atomic E-state index is 12.6. The first-order chi connectivity index (χ1) is 11.1. The lowest BCUT2D eigenvalue weighted by atomic mass is 9.81. The van der Waals surface area contributed by atoms with Gasteiger partial charge in [0.05, 0.1) is 6.04 Å². The van der Waals surface area contributed by atoms with E-state index in [1.165, 1.54) is 6.42 Å². The molecule has 1 aliphatic heterocycles. The first kappa shape index (κ1) is 16.3. The van der Waals surface area contributed by atoms with E-state index in [0.29, 0.717) is 11.4 Å². The number of halogens is 1. The van der Waals surface area contributed by atoms with Crippen LogP contribution in [-0.2, 0) is 9.59 Å². The van der Waals surface area contributed by atoms with Crippen LogP contribution in [0.5, 0.6) is 0 Å². The molecule has 0 radical (unpaired) electrons. The van der Waals surface area contributed by atoms with Crippen LogP contribution >= 0.6 is 11.6 Å². The van der Waals surface area contributed by atoms with Crippen LogP contribution in [0.15, 0.2) is 24.3 Å². The molecule has 1 aliphatic carbocycles. The number of likely N-dealkylation sites (tertiary alicyclic amines) is 1. The van der Waals surface area contributed by atoms with Crippen molar-refractivity contribution < 1.29 is 14.7 Å². The minimum Gasteiger partial charge on any atom is -0.550 e. The lowest BCUT2D eigenvalue weighted by Crippen LogP contribution is -2.53. The number of carboxylic acid groups (broad SMARTS) is 1. The van der Waals surface area contributed by atoms with E-state index in [1.807, 2.05) is 23.1 Å². The number of carbonyl (C=O) groups is 2. The molecule has 0 N–H and O–H groups in total. The highest BCUT2D eigenvalue weighted by molar-refractivity contribution is 6.31. The van der Waals surface area contributed by atoms with E-state index in [1.54, 1.807) is 6.07 Å². The highest BCUT2D eigenvalue weighted by atomic mass is 35.5. The molecular weight excluding hydrogens is 314 g/mol. The van der Waals surface area contributed by atoms with E-state index in [0.717, 1.165) is 31.2 Å². The highest BCUT2D eigenvalue weighted by Crippen LogP contribution is 2.42. The third-order valence-corrected chi connectivity index (χ3v) is 5.48. The molecule has 4 nitrogen and oxygen atoms in total. The number of nitrogens with zero attached hydrogens (tertiary/aromatic N) is 1. The van der Waals surface area contributed by atoms with Gasteiger partial charge in [0, 0.05) is 29.4 Å². The van der Waals surface area contributed by atoms with Crippen molar-refractivity contribution >= 4 is 23.5 Å². The Hall–Kier alpha value is -1.55. The SMILES string of the molecule is O=C([O-])[C@@H]1CCC(=O)N(C2CCCCC2)[C@@H]1c1ccccc1Cl. The molecule has 1 aromatic carbocycles. The zero-order chi connectivity index (χ0) is 16.4. The van der Waals surface area contributed by atoms with Crippen molar-refractivity contribution in [3.63, 3.8) is 0 Å². The third-order valence-electron chi connectivity index (χ3n) is 5.13. The smallest absolute Gasteiger partial charge is 0.223 e. The predicted octanol–water partition coefficient (Wildman–Crippen LogP) is 2.70. The van der Waals surface area contributed by atoms with E-state index in [4.69, 9.17) is 11.6 Å². The second-order valence-corrected chi connectivity index (χ2v) is 6.93. The molecular formula is C18H21ClNO3-. The molecule has 23 heavy (non-hydrogen) atoms. The van der Waals surface area contributed by atoms with Crippen LogP contribution in [0, 0.1) is 5.92 Å². The number of carboxylic acids is 1. The van der Waals surface area contributed by atoms with Gasteiger partial charge in [-0.3, -0.25) is 4.79 Å². The molecule has 0 aromatic heterocycles. The highest BCUT2D eigenvalue weighted by Gasteiger charge is 2.41. The molecule has 5 heteroatoms. The van der Waals surface area contributed by atoms with Crippen LogP contribution < -0.4 is 5.11 Å². The Balaban J connectivity index is 2.02. The largest absolute Gasteiger partial charge is 0.550 e. The van der Waals surface area contributed by atoms with Gasteiger partial charge in [-0.05, 0) is 30.9 Å². The molecule has 124 valence electrons. The Morgan fingerprint density at radius 2 is 1.83 bits per heavy atom. The lowest BCUT2D eigenvalue weighted by molar-refractivity contribution is -0.314. The van der Waals surface area contributed by atoms with E-state index in [9.17, 15) is 14.7 Å². The van der Waals surface area contributed by atoms with Gasteiger partial charge >= 0.3 is 0 Å². The summed E-state index contributed by atoms with van der Waals surface area (Å²) in [6.07, 6.45) is 5.81. The minimum atomic E-state index is -1.09. The van der Waals surface area contributed by atoms with Gasteiger partial charge in [0.1, 0.15) is 0 Å². The van der Waals surface area contributed by atoms with E-state index in [-0.39, 0.29) is 18.4 Å². The van der Waals surface area contributed by atoms with Crippen molar-refractivity contribution in [1.82, 2.24) is 4.90 Å². The van der Waals surface area contributed by atoms with Crippen molar-refractivity contribution in [2.45, 2.75) is 57.0 Å². The molecule has 2 aliphatic rings. The number of piperidine rings is 1. The first-order valence-corrected chi connectivity index (χ1v) is 8.74. The number of hydrogen-bond donors (Lipinski definition) is 0. The predicted molar refractivity (Wildman–Crippen MR) is 85.6 cm³/mol. The van der Waals surface area contributed by atoms with E-state index in [2.05, 4.69) is 0 Å². The van der Waals surface area contributed by atoms with Gasteiger partial charge in [0.25, 0.3) is 0 Å². The van der Waals surface area contributed by atoms with Crippen LogP contribution in [0.1, 0.15) is 56.6 Å². The Bertz CT molecular complexity index is 598. The van der Waals surface area contributed by atoms with Crippen molar-refractivity contribution in [3.05, 3.63) is 34.9 Å². The Labute approximate surface area is 141 Å². The van der Waals surface area contributed by atoms with Gasteiger partial charge in [-0.2, -0.15) is 0 Å². The van der Waals surface area contributed by atoms with Crippen LogP contribution in [0.3, 0.4) is 0 Å². The molecule has 2 atom stereocenters. The Morgan fingerprint density at radius 3 is 2.48 bits per heavy atom. The van der Waals surface area contributed by atoms with Gasteiger partial charge in [-0.1, -0.05) is 49.1 Å². The molecule has 1 aromatic rings. The lowest BCUT2D eigenvalue weighted by Gasteiger charge is -2.47. The fourth-order valence-electron chi connectivity index (χ4n) is 4.03. The molecule has 0 bridgehead atoms. The van der Waals surface area contributed by atoms with E-state index >= 15 is 0 Å². The molecule has 1 amide bonds. The van der Waals surface area contributed by atoms with Gasteiger partial charge in [-0.15, -0.1) is 0 Å². The molecule has 1 saturated carbocycles. The zero-order valence-electron chi connectivity index (χ0n) is 13.0.